The number of fused-ring (bicyclic) bond motifs is 4. The SMILES string of the molecule is O=C(c1cccc(CC2NCCc3c2[nH]c2ccccc32)c1)N1CCc2ccccc21. The fourth-order valence-corrected chi connectivity index (χ4v) is 5.21. The maximum Gasteiger partial charge on any atom is 0.258 e. The second-order valence-electron chi connectivity index (χ2n) is 8.56. The van der Waals surface area contributed by atoms with Gasteiger partial charge in [-0.2, -0.15) is 0 Å². The molecule has 0 saturated heterocycles. The molecule has 0 aliphatic carbocycles. The molecule has 6 rings (SSSR count). The second kappa shape index (κ2) is 7.40. The van der Waals surface area contributed by atoms with Crippen molar-refractivity contribution in [2.24, 2.45) is 0 Å². The number of hydrogen-bond donors (Lipinski definition) is 2. The van der Waals surface area contributed by atoms with Gasteiger partial charge in [-0.3, -0.25) is 4.79 Å². The number of hydrogen-bond acceptors (Lipinski definition) is 2. The van der Waals surface area contributed by atoms with E-state index in [-0.39, 0.29) is 11.9 Å². The van der Waals surface area contributed by atoms with Crippen molar-refractivity contribution < 1.29 is 4.79 Å². The van der Waals surface area contributed by atoms with Gasteiger partial charge in [-0.1, -0.05) is 48.5 Å². The highest BCUT2D eigenvalue weighted by molar-refractivity contribution is 6.07. The smallest absolute Gasteiger partial charge is 0.258 e. The van der Waals surface area contributed by atoms with E-state index in [4.69, 9.17) is 0 Å². The van der Waals surface area contributed by atoms with Crippen LogP contribution < -0.4 is 10.2 Å². The van der Waals surface area contributed by atoms with Crippen molar-refractivity contribution in [1.29, 1.82) is 0 Å². The number of rotatable bonds is 3. The van der Waals surface area contributed by atoms with Crippen LogP contribution in [0.4, 0.5) is 5.69 Å². The molecule has 1 atom stereocenters. The molecule has 0 spiro atoms. The number of carbonyl (C=O) groups is 1. The highest BCUT2D eigenvalue weighted by atomic mass is 16.2. The summed E-state index contributed by atoms with van der Waals surface area (Å²) in [4.78, 5) is 18.8. The summed E-state index contributed by atoms with van der Waals surface area (Å²) in [7, 11) is 0. The van der Waals surface area contributed by atoms with Gasteiger partial charge in [0.1, 0.15) is 0 Å². The highest BCUT2D eigenvalue weighted by Gasteiger charge is 2.27. The molecule has 154 valence electrons. The molecular weight excluding hydrogens is 382 g/mol. The largest absolute Gasteiger partial charge is 0.357 e. The Bertz CT molecular complexity index is 1290. The summed E-state index contributed by atoms with van der Waals surface area (Å²) in [5, 5.41) is 5.01. The normalized spacial score (nSPS) is 17.5. The molecule has 31 heavy (non-hydrogen) atoms. The van der Waals surface area contributed by atoms with Crippen LogP contribution in [0.5, 0.6) is 0 Å². The molecule has 1 aromatic heterocycles. The Labute approximate surface area is 181 Å². The lowest BCUT2D eigenvalue weighted by Gasteiger charge is -2.25. The number of carbonyl (C=O) groups excluding carboxylic acids is 1. The first-order valence-electron chi connectivity index (χ1n) is 11.1. The number of anilines is 1. The molecule has 2 N–H and O–H groups in total. The number of aromatic amines is 1. The predicted molar refractivity (Wildman–Crippen MR) is 125 cm³/mol. The van der Waals surface area contributed by atoms with Crippen LogP contribution in [-0.2, 0) is 19.3 Å². The molecule has 4 heteroatoms. The maximum absolute atomic E-state index is 13.3. The summed E-state index contributed by atoms with van der Waals surface area (Å²) in [6.07, 6.45) is 2.83. The Hall–Kier alpha value is -3.37. The van der Waals surface area contributed by atoms with Gasteiger partial charge in [0.2, 0.25) is 0 Å². The summed E-state index contributed by atoms with van der Waals surface area (Å²) in [6, 6.07) is 25.2. The lowest BCUT2D eigenvalue weighted by molar-refractivity contribution is 0.0989. The van der Waals surface area contributed by atoms with E-state index < -0.39 is 0 Å². The lowest BCUT2D eigenvalue weighted by Crippen LogP contribution is -2.31. The minimum absolute atomic E-state index is 0.0923. The van der Waals surface area contributed by atoms with Crippen molar-refractivity contribution in [2.75, 3.05) is 18.0 Å². The minimum Gasteiger partial charge on any atom is -0.357 e. The Morgan fingerprint density at radius 1 is 0.968 bits per heavy atom. The number of nitrogens with one attached hydrogen (secondary N) is 2. The zero-order valence-corrected chi connectivity index (χ0v) is 17.4. The van der Waals surface area contributed by atoms with Crippen LogP contribution in [0.2, 0.25) is 0 Å². The van der Waals surface area contributed by atoms with Crippen LogP contribution in [0.1, 0.15) is 38.8 Å². The van der Waals surface area contributed by atoms with Crippen LogP contribution in [-0.4, -0.2) is 24.0 Å². The average Bonchev–Trinajstić information content (AvgIpc) is 3.41. The molecule has 0 saturated carbocycles. The van der Waals surface area contributed by atoms with Gasteiger partial charge in [0.05, 0.1) is 6.04 Å². The molecule has 1 amide bonds. The fraction of sp³-hybridized carbons (Fsp3) is 0.222. The van der Waals surface area contributed by atoms with E-state index in [1.807, 2.05) is 35.2 Å². The number of nitrogens with zero attached hydrogens (tertiary/aromatic N) is 1. The van der Waals surface area contributed by atoms with E-state index in [2.05, 4.69) is 52.8 Å². The molecule has 1 unspecified atom stereocenters. The number of aromatic nitrogens is 1. The number of benzene rings is 3. The molecule has 2 aliphatic rings. The molecule has 3 aromatic carbocycles. The minimum atomic E-state index is 0.0923. The Morgan fingerprint density at radius 2 is 1.84 bits per heavy atom. The quantitative estimate of drug-likeness (QED) is 0.512. The van der Waals surface area contributed by atoms with E-state index in [9.17, 15) is 4.79 Å². The van der Waals surface area contributed by atoms with Crippen molar-refractivity contribution in [3.63, 3.8) is 0 Å². The summed E-state index contributed by atoms with van der Waals surface area (Å²) in [5.74, 6) is 0.0923. The van der Waals surface area contributed by atoms with E-state index in [0.717, 1.165) is 43.6 Å². The molecule has 0 fully saturated rings. The van der Waals surface area contributed by atoms with Gasteiger partial charge in [-0.15, -0.1) is 0 Å². The second-order valence-corrected chi connectivity index (χ2v) is 8.56. The van der Waals surface area contributed by atoms with E-state index in [1.165, 1.54) is 33.3 Å². The zero-order chi connectivity index (χ0) is 20.8. The van der Waals surface area contributed by atoms with E-state index >= 15 is 0 Å². The van der Waals surface area contributed by atoms with E-state index in [0.29, 0.717) is 0 Å². The van der Waals surface area contributed by atoms with Gasteiger partial charge >= 0.3 is 0 Å². The first-order valence-corrected chi connectivity index (χ1v) is 11.1. The molecular formula is C27H25N3O. The van der Waals surface area contributed by atoms with Gasteiger partial charge in [-0.25, -0.2) is 0 Å². The molecule has 2 aliphatic heterocycles. The summed E-state index contributed by atoms with van der Waals surface area (Å²) in [6.45, 7) is 1.73. The van der Waals surface area contributed by atoms with Gasteiger partial charge in [-0.05, 0) is 66.8 Å². The fourth-order valence-electron chi connectivity index (χ4n) is 5.21. The molecule has 0 bridgehead atoms. The third-order valence-electron chi connectivity index (χ3n) is 6.71. The Kier molecular flexibility index (Phi) is 4.39. The van der Waals surface area contributed by atoms with Crippen LogP contribution in [0.25, 0.3) is 10.9 Å². The third kappa shape index (κ3) is 3.15. The Morgan fingerprint density at radius 3 is 2.81 bits per heavy atom. The highest BCUT2D eigenvalue weighted by Crippen LogP contribution is 2.32. The molecule has 0 radical (unpaired) electrons. The first kappa shape index (κ1) is 18.4. The van der Waals surface area contributed by atoms with Crippen molar-refractivity contribution in [3.05, 3.63) is 101 Å². The van der Waals surface area contributed by atoms with Gasteiger partial charge in [0.15, 0.2) is 0 Å². The first-order chi connectivity index (χ1) is 15.3. The predicted octanol–water partition coefficient (Wildman–Crippen LogP) is 4.80. The number of H-pyrrole nitrogens is 1. The maximum atomic E-state index is 13.3. The third-order valence-corrected chi connectivity index (χ3v) is 6.71. The van der Waals surface area contributed by atoms with Crippen molar-refractivity contribution in [1.82, 2.24) is 10.3 Å². The van der Waals surface area contributed by atoms with Crippen LogP contribution in [0, 0.1) is 0 Å². The summed E-state index contributed by atoms with van der Waals surface area (Å²) in [5.41, 5.74) is 8.18. The zero-order valence-electron chi connectivity index (χ0n) is 17.4. The molecule has 4 aromatic rings. The van der Waals surface area contributed by atoms with Gasteiger partial charge < -0.3 is 15.2 Å². The average molecular weight is 408 g/mol. The lowest BCUT2D eigenvalue weighted by atomic mass is 9.94. The summed E-state index contributed by atoms with van der Waals surface area (Å²) >= 11 is 0. The monoisotopic (exact) mass is 407 g/mol. The Balaban J connectivity index is 1.28. The van der Waals surface area contributed by atoms with Crippen LogP contribution in [0.15, 0.2) is 72.8 Å². The molecule has 3 heterocycles. The topological polar surface area (TPSA) is 48.1 Å². The van der Waals surface area contributed by atoms with E-state index in [1.54, 1.807) is 0 Å². The standard InChI is InChI=1S/C27H25N3O/c31-27(30-15-13-19-7-1-4-11-25(19)30)20-8-5-6-18(16-20)17-24-26-22(12-14-28-24)21-9-2-3-10-23(21)29-26/h1-11,16,24,28-29H,12-15,17H2. The summed E-state index contributed by atoms with van der Waals surface area (Å²) < 4.78 is 0. The molecule has 4 nitrogen and oxygen atoms in total. The van der Waals surface area contributed by atoms with Crippen molar-refractivity contribution in [2.45, 2.75) is 25.3 Å². The number of amides is 1. The van der Waals surface area contributed by atoms with Crippen molar-refractivity contribution >= 4 is 22.5 Å². The van der Waals surface area contributed by atoms with Crippen LogP contribution >= 0.6 is 0 Å². The number of para-hydroxylation sites is 2. The van der Waals surface area contributed by atoms with Gasteiger partial charge in [0, 0.05) is 34.4 Å². The van der Waals surface area contributed by atoms with Crippen molar-refractivity contribution in [3.8, 4) is 0 Å². The van der Waals surface area contributed by atoms with Gasteiger partial charge in [0.25, 0.3) is 5.91 Å². The van der Waals surface area contributed by atoms with Crippen LogP contribution in [0.3, 0.4) is 0 Å².